The molecular formula is C10H17NO3S2. The highest BCUT2D eigenvalue weighted by Crippen LogP contribution is 2.24. The van der Waals surface area contributed by atoms with Gasteiger partial charge in [-0.15, -0.1) is 11.3 Å². The van der Waals surface area contributed by atoms with Crippen LogP contribution in [0.25, 0.3) is 0 Å². The molecule has 1 unspecified atom stereocenters. The molecule has 0 aliphatic carbocycles. The van der Waals surface area contributed by atoms with Gasteiger partial charge in [-0.05, 0) is 20.8 Å². The van der Waals surface area contributed by atoms with Crippen molar-refractivity contribution in [1.82, 2.24) is 4.98 Å². The van der Waals surface area contributed by atoms with Crippen molar-refractivity contribution in [2.24, 2.45) is 0 Å². The fourth-order valence-corrected chi connectivity index (χ4v) is 2.54. The first-order valence-corrected chi connectivity index (χ1v) is 7.70. The lowest BCUT2D eigenvalue weighted by Crippen LogP contribution is -2.44. The summed E-state index contributed by atoms with van der Waals surface area (Å²) in [5.74, 6) is 0. The maximum Gasteiger partial charge on any atom is 0.155 e. The first-order chi connectivity index (χ1) is 7.14. The molecule has 0 radical (unpaired) electrons. The lowest BCUT2D eigenvalue weighted by molar-refractivity contribution is 0.138. The molecule has 1 atom stereocenters. The van der Waals surface area contributed by atoms with E-state index in [1.807, 2.05) is 12.3 Å². The quantitative estimate of drug-likeness (QED) is 0.885. The Kier molecular flexibility index (Phi) is 3.76. The van der Waals surface area contributed by atoms with Crippen molar-refractivity contribution in [3.63, 3.8) is 0 Å². The Morgan fingerprint density at radius 3 is 2.50 bits per heavy atom. The van der Waals surface area contributed by atoms with Crippen molar-refractivity contribution in [2.45, 2.75) is 38.0 Å². The van der Waals surface area contributed by atoms with E-state index in [0.29, 0.717) is 0 Å². The highest BCUT2D eigenvalue weighted by Gasteiger charge is 2.38. The van der Waals surface area contributed by atoms with E-state index in [4.69, 9.17) is 0 Å². The molecule has 0 aliphatic heterocycles. The minimum Gasteiger partial charge on any atom is -0.391 e. The third-order valence-corrected chi connectivity index (χ3v) is 5.97. The third kappa shape index (κ3) is 2.81. The van der Waals surface area contributed by atoms with Crippen LogP contribution in [-0.2, 0) is 16.3 Å². The number of rotatable bonds is 4. The van der Waals surface area contributed by atoms with Crippen LogP contribution >= 0.6 is 11.3 Å². The van der Waals surface area contributed by atoms with Crippen molar-refractivity contribution in [3.05, 3.63) is 16.1 Å². The van der Waals surface area contributed by atoms with Crippen LogP contribution in [0.2, 0.25) is 0 Å². The SMILES string of the molecule is Cc1csc(CC(O)C(C)(C)S(C)(=O)=O)n1. The summed E-state index contributed by atoms with van der Waals surface area (Å²) in [5, 5.41) is 12.6. The minimum atomic E-state index is -3.29. The van der Waals surface area contributed by atoms with Crippen molar-refractivity contribution in [3.8, 4) is 0 Å². The van der Waals surface area contributed by atoms with Gasteiger partial charge in [-0.25, -0.2) is 13.4 Å². The lowest BCUT2D eigenvalue weighted by Gasteiger charge is -2.27. The molecule has 0 amide bonds. The summed E-state index contributed by atoms with van der Waals surface area (Å²) in [6.07, 6.45) is 0.482. The van der Waals surface area contributed by atoms with E-state index in [9.17, 15) is 13.5 Å². The molecular weight excluding hydrogens is 246 g/mol. The zero-order chi connectivity index (χ0) is 12.6. The van der Waals surface area contributed by atoms with E-state index in [1.165, 1.54) is 25.2 Å². The maximum absolute atomic E-state index is 11.5. The van der Waals surface area contributed by atoms with Gasteiger partial charge >= 0.3 is 0 Å². The van der Waals surface area contributed by atoms with Gasteiger partial charge in [0.15, 0.2) is 9.84 Å². The molecule has 0 aliphatic rings. The van der Waals surface area contributed by atoms with Gasteiger partial charge in [-0.3, -0.25) is 0 Å². The van der Waals surface area contributed by atoms with E-state index in [1.54, 1.807) is 0 Å². The van der Waals surface area contributed by atoms with Crippen molar-refractivity contribution in [2.75, 3.05) is 6.26 Å². The molecule has 4 nitrogen and oxygen atoms in total. The molecule has 0 spiro atoms. The molecule has 0 saturated heterocycles. The normalized spacial score (nSPS) is 15.1. The molecule has 0 fully saturated rings. The number of nitrogens with zero attached hydrogens (tertiary/aromatic N) is 1. The smallest absolute Gasteiger partial charge is 0.155 e. The Labute approximate surface area is 100 Å². The number of thiazole rings is 1. The van der Waals surface area contributed by atoms with E-state index in [0.717, 1.165) is 17.0 Å². The third-order valence-electron chi connectivity index (χ3n) is 2.79. The second-order valence-corrected chi connectivity index (χ2v) is 8.02. The van der Waals surface area contributed by atoms with Crippen LogP contribution in [0.1, 0.15) is 24.5 Å². The Balaban J connectivity index is 2.84. The van der Waals surface area contributed by atoms with Crippen LogP contribution in [-0.4, -0.2) is 35.6 Å². The summed E-state index contributed by atoms with van der Waals surface area (Å²) in [6.45, 7) is 4.94. The minimum absolute atomic E-state index is 0.276. The van der Waals surface area contributed by atoms with Crippen LogP contribution in [0.3, 0.4) is 0 Å². The Morgan fingerprint density at radius 2 is 2.12 bits per heavy atom. The first-order valence-electron chi connectivity index (χ1n) is 4.93. The second kappa shape index (κ2) is 4.43. The molecule has 1 heterocycles. The second-order valence-electron chi connectivity index (χ2n) is 4.48. The van der Waals surface area contributed by atoms with Crippen LogP contribution in [0.15, 0.2) is 5.38 Å². The standard InChI is InChI=1S/C10H17NO3S2/c1-7-6-15-9(11-7)5-8(12)10(2,3)16(4,13)14/h6,8,12H,5H2,1-4H3. The number of hydrogen-bond donors (Lipinski definition) is 1. The van der Waals surface area contributed by atoms with E-state index in [-0.39, 0.29) is 6.42 Å². The maximum atomic E-state index is 11.5. The molecule has 6 heteroatoms. The summed E-state index contributed by atoms with van der Waals surface area (Å²) < 4.78 is 21.9. The zero-order valence-electron chi connectivity index (χ0n) is 9.89. The number of sulfone groups is 1. The van der Waals surface area contributed by atoms with Gasteiger partial charge < -0.3 is 5.11 Å². The molecule has 0 bridgehead atoms. The van der Waals surface area contributed by atoms with E-state index in [2.05, 4.69) is 4.98 Å². The molecule has 1 aromatic rings. The first kappa shape index (κ1) is 13.6. The summed E-state index contributed by atoms with van der Waals surface area (Å²) in [4.78, 5) is 4.21. The average molecular weight is 263 g/mol. The fraction of sp³-hybridized carbons (Fsp3) is 0.700. The van der Waals surface area contributed by atoms with Gasteiger partial charge in [0.25, 0.3) is 0 Å². The molecule has 16 heavy (non-hydrogen) atoms. The highest BCUT2D eigenvalue weighted by molar-refractivity contribution is 7.92. The van der Waals surface area contributed by atoms with Gasteiger partial charge in [-0.1, -0.05) is 0 Å². The van der Waals surface area contributed by atoms with Gasteiger partial charge in [0.1, 0.15) is 0 Å². The fourth-order valence-electron chi connectivity index (χ4n) is 1.15. The number of hydrogen-bond acceptors (Lipinski definition) is 5. The van der Waals surface area contributed by atoms with Gasteiger partial charge in [0.2, 0.25) is 0 Å². The molecule has 1 aromatic heterocycles. The Hall–Kier alpha value is -0.460. The Morgan fingerprint density at radius 1 is 1.56 bits per heavy atom. The average Bonchev–Trinajstić information content (AvgIpc) is 2.49. The van der Waals surface area contributed by atoms with Gasteiger partial charge in [-0.2, -0.15) is 0 Å². The van der Waals surface area contributed by atoms with Crippen LogP contribution < -0.4 is 0 Å². The molecule has 0 saturated carbocycles. The largest absolute Gasteiger partial charge is 0.391 e. The highest BCUT2D eigenvalue weighted by atomic mass is 32.2. The van der Waals surface area contributed by atoms with Crippen LogP contribution in [0.5, 0.6) is 0 Å². The van der Waals surface area contributed by atoms with Crippen molar-refractivity contribution >= 4 is 21.2 Å². The van der Waals surface area contributed by atoms with Gasteiger partial charge in [0, 0.05) is 23.8 Å². The number of aliphatic hydroxyl groups is 1. The number of aromatic nitrogens is 1. The number of aryl methyl sites for hydroxylation is 1. The molecule has 92 valence electrons. The monoisotopic (exact) mass is 263 g/mol. The van der Waals surface area contributed by atoms with Crippen molar-refractivity contribution < 1.29 is 13.5 Å². The van der Waals surface area contributed by atoms with Crippen molar-refractivity contribution in [1.29, 1.82) is 0 Å². The zero-order valence-corrected chi connectivity index (χ0v) is 11.5. The van der Waals surface area contributed by atoms with Gasteiger partial charge in [0.05, 0.1) is 15.9 Å². The predicted octanol–water partition coefficient (Wildman–Crippen LogP) is 1.18. The van der Waals surface area contributed by atoms with E-state index >= 15 is 0 Å². The van der Waals surface area contributed by atoms with Crippen LogP contribution in [0.4, 0.5) is 0 Å². The number of aliphatic hydroxyl groups excluding tert-OH is 1. The van der Waals surface area contributed by atoms with Crippen LogP contribution in [0, 0.1) is 6.92 Å². The Bertz CT molecular complexity index is 462. The summed E-state index contributed by atoms with van der Waals surface area (Å²) in [7, 11) is -3.29. The summed E-state index contributed by atoms with van der Waals surface area (Å²) in [6, 6.07) is 0. The summed E-state index contributed by atoms with van der Waals surface area (Å²) in [5.41, 5.74) is 0.893. The molecule has 1 rings (SSSR count). The van der Waals surface area contributed by atoms with E-state index < -0.39 is 20.7 Å². The molecule has 1 N–H and O–H groups in total. The predicted molar refractivity (Wildman–Crippen MR) is 65.5 cm³/mol. The summed E-state index contributed by atoms with van der Waals surface area (Å²) >= 11 is 1.44. The lowest BCUT2D eigenvalue weighted by atomic mass is 10.0. The molecule has 0 aromatic carbocycles. The topological polar surface area (TPSA) is 67.3 Å².